The molecule has 3 heterocycles. The predicted octanol–water partition coefficient (Wildman–Crippen LogP) is 6.62. The number of carbonyl (C=O) groups is 1. The van der Waals surface area contributed by atoms with Gasteiger partial charge in [0.05, 0.1) is 5.39 Å². The highest BCUT2D eigenvalue weighted by Gasteiger charge is 2.40. The molecule has 0 spiro atoms. The molecule has 232 valence electrons. The molecule has 1 N–H and O–H groups in total. The summed E-state index contributed by atoms with van der Waals surface area (Å²) >= 11 is 0. The summed E-state index contributed by atoms with van der Waals surface area (Å²) < 4.78 is 8.02. The Hall–Kier alpha value is -4.69. The van der Waals surface area contributed by atoms with Gasteiger partial charge >= 0.3 is 6.09 Å². The third kappa shape index (κ3) is 6.02. The Balaban J connectivity index is 1.45. The molecule has 2 unspecified atom stereocenters. The van der Waals surface area contributed by atoms with Gasteiger partial charge in [0.15, 0.2) is 0 Å². The normalized spacial score (nSPS) is 17.4. The number of nitrogens with one attached hydrogen (secondary N) is 1. The van der Waals surface area contributed by atoms with Crippen molar-refractivity contribution in [2.24, 2.45) is 0 Å². The van der Waals surface area contributed by atoms with E-state index in [2.05, 4.69) is 114 Å². The minimum atomic E-state index is -0.689. The number of likely N-dealkylation sites (N-methyl/N-ethyl adjacent to an activating group) is 1. The standard InChI is InChI=1S/C37H42N6O2/c1-36(2,3)45-35(44)42-24-30(23-31(25-42)41(4)5)40-33-32-21-22-43(34(32)39-26-38-33)37(27-15-9-6-10-16-27,28-17-11-7-12-18-28)29-19-13-8-14-20-29/h6-22,26,30-31H,23-25H2,1-5H3,(H,38,39,40). The van der Waals surface area contributed by atoms with Gasteiger partial charge in [0.25, 0.3) is 0 Å². The molecular weight excluding hydrogens is 560 g/mol. The van der Waals surface area contributed by atoms with E-state index >= 15 is 0 Å². The van der Waals surface area contributed by atoms with Crippen molar-refractivity contribution in [1.82, 2.24) is 24.3 Å². The average molecular weight is 603 g/mol. The van der Waals surface area contributed by atoms with Crippen LogP contribution >= 0.6 is 0 Å². The fraction of sp³-hybridized carbons (Fsp3) is 0.324. The number of nitrogens with zero attached hydrogens (tertiary/aromatic N) is 5. The number of amides is 1. The van der Waals surface area contributed by atoms with Gasteiger partial charge in [-0.15, -0.1) is 0 Å². The van der Waals surface area contributed by atoms with Crippen molar-refractivity contribution >= 4 is 22.9 Å². The second-order valence-electron chi connectivity index (χ2n) is 13.0. The van der Waals surface area contributed by atoms with Crippen LogP contribution in [0.1, 0.15) is 43.9 Å². The monoisotopic (exact) mass is 602 g/mol. The van der Waals surface area contributed by atoms with E-state index in [9.17, 15) is 4.79 Å². The molecule has 6 rings (SSSR count). The summed E-state index contributed by atoms with van der Waals surface area (Å²) in [6, 6.07) is 34.0. The second-order valence-corrected chi connectivity index (χ2v) is 13.0. The number of hydrogen-bond donors (Lipinski definition) is 1. The maximum Gasteiger partial charge on any atom is 0.410 e. The van der Waals surface area contributed by atoms with Crippen LogP contribution in [0.2, 0.25) is 0 Å². The molecule has 0 aliphatic carbocycles. The van der Waals surface area contributed by atoms with E-state index in [1.165, 1.54) is 0 Å². The number of aromatic nitrogens is 3. The Bertz CT molecular complexity index is 1630. The van der Waals surface area contributed by atoms with Crippen LogP contribution < -0.4 is 5.32 Å². The summed E-state index contributed by atoms with van der Waals surface area (Å²) in [5.74, 6) is 0.746. The largest absolute Gasteiger partial charge is 0.444 e. The summed E-state index contributed by atoms with van der Waals surface area (Å²) in [6.07, 6.45) is 4.32. The minimum absolute atomic E-state index is 0.0257. The Morgan fingerprint density at radius 1 is 0.822 bits per heavy atom. The van der Waals surface area contributed by atoms with Crippen molar-refractivity contribution in [2.75, 3.05) is 32.5 Å². The number of carbonyl (C=O) groups excluding carboxylic acids is 1. The number of likely N-dealkylation sites (tertiary alicyclic amines) is 1. The number of piperidine rings is 1. The van der Waals surface area contributed by atoms with Crippen molar-refractivity contribution in [3.05, 3.63) is 126 Å². The number of benzene rings is 3. The van der Waals surface area contributed by atoms with E-state index in [0.29, 0.717) is 13.1 Å². The van der Waals surface area contributed by atoms with Gasteiger partial charge in [-0.1, -0.05) is 91.0 Å². The van der Waals surface area contributed by atoms with Crippen molar-refractivity contribution in [1.29, 1.82) is 0 Å². The second kappa shape index (κ2) is 12.4. The van der Waals surface area contributed by atoms with Crippen LogP contribution in [0.15, 0.2) is 110 Å². The number of rotatable bonds is 7. The molecule has 0 radical (unpaired) electrons. The Labute approximate surface area is 265 Å². The van der Waals surface area contributed by atoms with Gasteiger partial charge in [-0.2, -0.15) is 0 Å². The zero-order chi connectivity index (χ0) is 31.6. The number of hydrogen-bond acceptors (Lipinski definition) is 6. The molecule has 5 aromatic rings. The van der Waals surface area contributed by atoms with Crippen LogP contribution in [0, 0.1) is 0 Å². The first-order valence-corrected chi connectivity index (χ1v) is 15.6. The summed E-state index contributed by atoms with van der Waals surface area (Å²) in [5, 5.41) is 4.62. The van der Waals surface area contributed by atoms with E-state index in [-0.39, 0.29) is 18.2 Å². The first-order chi connectivity index (χ1) is 21.7. The smallest absolute Gasteiger partial charge is 0.410 e. The molecular formula is C37H42N6O2. The van der Waals surface area contributed by atoms with E-state index in [1.54, 1.807) is 6.33 Å². The van der Waals surface area contributed by atoms with Gasteiger partial charge in [0.1, 0.15) is 28.9 Å². The Kier molecular flexibility index (Phi) is 8.34. The fourth-order valence-corrected chi connectivity index (χ4v) is 6.51. The van der Waals surface area contributed by atoms with Gasteiger partial charge in [-0.25, -0.2) is 14.8 Å². The molecule has 1 amide bonds. The lowest BCUT2D eigenvalue weighted by Gasteiger charge is -2.41. The third-order valence-corrected chi connectivity index (χ3v) is 8.57. The highest BCUT2D eigenvalue weighted by molar-refractivity contribution is 5.88. The van der Waals surface area contributed by atoms with E-state index < -0.39 is 11.1 Å². The number of fused-ring (bicyclic) bond motifs is 1. The van der Waals surface area contributed by atoms with Gasteiger partial charge in [0.2, 0.25) is 0 Å². The Morgan fingerprint density at radius 3 is 1.89 bits per heavy atom. The molecule has 0 saturated carbocycles. The number of anilines is 1. The lowest BCUT2D eigenvalue weighted by atomic mass is 9.76. The van der Waals surface area contributed by atoms with Crippen molar-refractivity contribution in [2.45, 2.75) is 50.4 Å². The van der Waals surface area contributed by atoms with Gasteiger partial charge in [-0.3, -0.25) is 0 Å². The Morgan fingerprint density at radius 2 is 1.38 bits per heavy atom. The van der Waals surface area contributed by atoms with Crippen LogP contribution in [0.3, 0.4) is 0 Å². The lowest BCUT2D eigenvalue weighted by Crippen LogP contribution is -2.55. The quantitative estimate of drug-likeness (QED) is 0.211. The van der Waals surface area contributed by atoms with Crippen LogP contribution in [0.5, 0.6) is 0 Å². The van der Waals surface area contributed by atoms with Crippen molar-refractivity contribution in [3.63, 3.8) is 0 Å². The molecule has 8 heteroatoms. The van der Waals surface area contributed by atoms with Crippen LogP contribution in [-0.2, 0) is 10.3 Å². The molecule has 1 saturated heterocycles. The highest BCUT2D eigenvalue weighted by Crippen LogP contribution is 2.43. The average Bonchev–Trinajstić information content (AvgIpc) is 3.47. The lowest BCUT2D eigenvalue weighted by molar-refractivity contribution is 0.0126. The summed E-state index contributed by atoms with van der Waals surface area (Å²) in [7, 11) is 4.11. The molecule has 8 nitrogen and oxygen atoms in total. The summed E-state index contributed by atoms with van der Waals surface area (Å²) in [5.41, 5.74) is 2.94. The minimum Gasteiger partial charge on any atom is -0.444 e. The van der Waals surface area contributed by atoms with Crippen LogP contribution in [0.4, 0.5) is 10.6 Å². The maximum atomic E-state index is 13.1. The predicted molar refractivity (Wildman–Crippen MR) is 179 cm³/mol. The molecule has 1 aliphatic rings. The SMILES string of the molecule is CN(C)C1CC(Nc2ncnc3c2ccn3C(c2ccccc2)(c2ccccc2)c2ccccc2)CN(C(=O)OC(C)(C)C)C1. The van der Waals surface area contributed by atoms with Crippen LogP contribution in [-0.4, -0.2) is 75.3 Å². The zero-order valence-corrected chi connectivity index (χ0v) is 26.7. The fourth-order valence-electron chi connectivity index (χ4n) is 6.51. The molecule has 2 aromatic heterocycles. The van der Waals surface area contributed by atoms with Gasteiger partial charge < -0.3 is 24.4 Å². The third-order valence-electron chi connectivity index (χ3n) is 8.57. The highest BCUT2D eigenvalue weighted by atomic mass is 16.6. The first-order valence-electron chi connectivity index (χ1n) is 15.6. The van der Waals surface area contributed by atoms with E-state index in [4.69, 9.17) is 14.7 Å². The molecule has 0 bridgehead atoms. The topological polar surface area (TPSA) is 75.5 Å². The molecule has 2 atom stereocenters. The van der Waals surface area contributed by atoms with Gasteiger partial charge in [0, 0.05) is 31.4 Å². The van der Waals surface area contributed by atoms with Crippen molar-refractivity contribution in [3.8, 4) is 0 Å². The zero-order valence-electron chi connectivity index (χ0n) is 26.7. The molecule has 1 aliphatic heterocycles. The summed E-state index contributed by atoms with van der Waals surface area (Å²) in [4.78, 5) is 26.7. The number of ether oxygens (including phenoxy) is 1. The first kappa shape index (κ1) is 30.3. The van der Waals surface area contributed by atoms with E-state index in [0.717, 1.165) is 40.0 Å². The van der Waals surface area contributed by atoms with E-state index in [1.807, 2.05) is 43.9 Å². The van der Waals surface area contributed by atoms with Gasteiger partial charge in [-0.05, 0) is 64.0 Å². The molecule has 3 aromatic carbocycles. The molecule has 45 heavy (non-hydrogen) atoms. The maximum absolute atomic E-state index is 13.1. The van der Waals surface area contributed by atoms with Crippen LogP contribution in [0.25, 0.3) is 11.0 Å². The van der Waals surface area contributed by atoms with Crippen molar-refractivity contribution < 1.29 is 9.53 Å². The molecule has 1 fully saturated rings. The summed E-state index contributed by atoms with van der Waals surface area (Å²) in [6.45, 7) is 6.83.